The molecule has 0 saturated carbocycles. The van der Waals surface area contributed by atoms with E-state index in [1.165, 1.54) is 6.07 Å². The lowest BCUT2D eigenvalue weighted by Gasteiger charge is -2.15. The number of benzene rings is 1. The number of carbonyl (C=O) groups is 2. The van der Waals surface area contributed by atoms with E-state index >= 15 is 0 Å². The van der Waals surface area contributed by atoms with Gasteiger partial charge in [-0.3, -0.25) is 14.9 Å². The van der Waals surface area contributed by atoms with E-state index < -0.39 is 16.9 Å². The molecule has 0 radical (unpaired) electrons. The van der Waals surface area contributed by atoms with Crippen LogP contribution in [0.25, 0.3) is 0 Å². The molecular weight excluding hydrogens is 238 g/mol. The van der Waals surface area contributed by atoms with Crippen LogP contribution in [0, 0.1) is 24.0 Å². The fraction of sp³-hybridized carbons (Fsp3) is 0.273. The fourth-order valence-electron chi connectivity index (χ4n) is 1.93. The number of nitrogens with zero attached hydrogens (tertiary/aromatic N) is 2. The normalized spacial score (nSPS) is 14.9. The number of urea groups is 1. The van der Waals surface area contributed by atoms with Crippen LogP contribution >= 0.6 is 0 Å². The van der Waals surface area contributed by atoms with Crippen LogP contribution in [0.15, 0.2) is 12.1 Å². The van der Waals surface area contributed by atoms with Crippen molar-refractivity contribution in [2.45, 2.75) is 13.8 Å². The van der Waals surface area contributed by atoms with Crippen molar-refractivity contribution < 1.29 is 14.5 Å². The maximum atomic E-state index is 11.6. The van der Waals surface area contributed by atoms with Crippen molar-refractivity contribution in [3.8, 4) is 0 Å². The van der Waals surface area contributed by atoms with E-state index in [1.54, 1.807) is 19.9 Å². The summed E-state index contributed by atoms with van der Waals surface area (Å²) in [4.78, 5) is 34.4. The zero-order chi connectivity index (χ0) is 13.4. The standard InChI is InChI=1S/C11H11N3O4/c1-6-3-7(2)9(14(17)18)4-8(6)13-10(15)5-12-11(13)16/h3-4H,5H2,1-2H3,(H,12,16). The molecule has 3 amide bonds. The first-order chi connectivity index (χ1) is 8.41. The highest BCUT2D eigenvalue weighted by molar-refractivity contribution is 6.20. The maximum Gasteiger partial charge on any atom is 0.329 e. The number of carbonyl (C=O) groups excluding carboxylic acids is 2. The molecule has 1 N–H and O–H groups in total. The molecule has 94 valence electrons. The average molecular weight is 249 g/mol. The molecule has 1 aromatic rings. The quantitative estimate of drug-likeness (QED) is 0.485. The number of nitro benzene ring substituents is 1. The van der Waals surface area contributed by atoms with E-state index in [2.05, 4.69) is 5.32 Å². The summed E-state index contributed by atoms with van der Waals surface area (Å²) in [5.74, 6) is -0.416. The summed E-state index contributed by atoms with van der Waals surface area (Å²) in [6.07, 6.45) is 0. The summed E-state index contributed by atoms with van der Waals surface area (Å²) in [6.45, 7) is 3.23. The Labute approximate surface area is 103 Å². The number of amides is 3. The van der Waals surface area contributed by atoms with Crippen molar-refractivity contribution >= 4 is 23.3 Å². The third kappa shape index (κ3) is 1.79. The molecule has 2 rings (SSSR count). The van der Waals surface area contributed by atoms with Crippen molar-refractivity contribution in [2.75, 3.05) is 11.4 Å². The predicted octanol–water partition coefficient (Wildman–Crippen LogP) is 1.27. The fourth-order valence-corrected chi connectivity index (χ4v) is 1.93. The van der Waals surface area contributed by atoms with Gasteiger partial charge >= 0.3 is 6.03 Å². The first kappa shape index (κ1) is 12.0. The first-order valence-corrected chi connectivity index (χ1v) is 5.28. The van der Waals surface area contributed by atoms with Crippen LogP contribution in [0.5, 0.6) is 0 Å². The number of nitrogens with one attached hydrogen (secondary N) is 1. The van der Waals surface area contributed by atoms with Gasteiger partial charge in [0, 0.05) is 11.6 Å². The Bertz CT molecular complexity index is 552. The second kappa shape index (κ2) is 4.10. The van der Waals surface area contributed by atoms with Crippen molar-refractivity contribution in [1.29, 1.82) is 0 Å². The van der Waals surface area contributed by atoms with Crippen LogP contribution in [0.3, 0.4) is 0 Å². The van der Waals surface area contributed by atoms with Gasteiger partial charge in [-0.05, 0) is 25.5 Å². The number of rotatable bonds is 2. The Kier molecular flexibility index (Phi) is 2.74. The molecule has 0 aliphatic carbocycles. The van der Waals surface area contributed by atoms with Gasteiger partial charge in [0.1, 0.15) is 0 Å². The minimum atomic E-state index is -0.554. The number of hydrogen-bond acceptors (Lipinski definition) is 4. The van der Waals surface area contributed by atoms with Crippen LogP contribution in [-0.4, -0.2) is 23.4 Å². The molecule has 1 fully saturated rings. The van der Waals surface area contributed by atoms with E-state index in [9.17, 15) is 19.7 Å². The molecule has 1 heterocycles. The van der Waals surface area contributed by atoms with Gasteiger partial charge in [0.2, 0.25) is 0 Å². The number of aryl methyl sites for hydroxylation is 2. The topological polar surface area (TPSA) is 92.6 Å². The second-order valence-corrected chi connectivity index (χ2v) is 4.07. The SMILES string of the molecule is Cc1cc(C)c([N+](=O)[O-])cc1N1C(=O)CNC1=O. The first-order valence-electron chi connectivity index (χ1n) is 5.28. The monoisotopic (exact) mass is 249 g/mol. The molecule has 1 aliphatic heterocycles. The smallest absolute Gasteiger partial charge is 0.328 e. The molecule has 0 aromatic heterocycles. The van der Waals surface area contributed by atoms with Gasteiger partial charge < -0.3 is 5.32 Å². The van der Waals surface area contributed by atoms with E-state index in [4.69, 9.17) is 0 Å². The summed E-state index contributed by atoms with van der Waals surface area (Å²) >= 11 is 0. The van der Waals surface area contributed by atoms with Crippen LogP contribution in [0.4, 0.5) is 16.2 Å². The van der Waals surface area contributed by atoms with Crippen molar-refractivity contribution in [1.82, 2.24) is 5.32 Å². The number of imide groups is 1. The van der Waals surface area contributed by atoms with Gasteiger partial charge in [-0.25, -0.2) is 9.69 Å². The zero-order valence-corrected chi connectivity index (χ0v) is 9.89. The van der Waals surface area contributed by atoms with Gasteiger partial charge in [0.05, 0.1) is 17.2 Å². The highest BCUT2D eigenvalue weighted by Crippen LogP contribution is 2.30. The Morgan fingerprint density at radius 1 is 1.28 bits per heavy atom. The Morgan fingerprint density at radius 3 is 2.44 bits per heavy atom. The molecule has 0 bridgehead atoms. The molecule has 1 saturated heterocycles. The number of nitro groups is 1. The van der Waals surface area contributed by atoms with Crippen LogP contribution in [0.2, 0.25) is 0 Å². The lowest BCUT2D eigenvalue weighted by Crippen LogP contribution is -2.31. The van der Waals surface area contributed by atoms with Crippen molar-refractivity contribution in [3.63, 3.8) is 0 Å². The zero-order valence-electron chi connectivity index (χ0n) is 9.89. The molecule has 7 nitrogen and oxygen atoms in total. The predicted molar refractivity (Wildman–Crippen MR) is 63.5 cm³/mol. The Hall–Kier alpha value is -2.44. The summed E-state index contributed by atoms with van der Waals surface area (Å²) in [5, 5.41) is 13.2. The molecule has 0 unspecified atom stereocenters. The highest BCUT2D eigenvalue weighted by Gasteiger charge is 2.32. The van der Waals surface area contributed by atoms with Gasteiger partial charge in [-0.15, -0.1) is 0 Å². The van der Waals surface area contributed by atoms with E-state index in [0.29, 0.717) is 11.1 Å². The molecule has 7 heteroatoms. The minimum Gasteiger partial charge on any atom is -0.328 e. The summed E-state index contributed by atoms with van der Waals surface area (Å²) in [7, 11) is 0. The Morgan fingerprint density at radius 2 is 1.94 bits per heavy atom. The third-order valence-electron chi connectivity index (χ3n) is 2.80. The molecular formula is C11H11N3O4. The van der Waals surface area contributed by atoms with Crippen LogP contribution < -0.4 is 10.2 Å². The van der Waals surface area contributed by atoms with Gasteiger partial charge in [0.25, 0.3) is 11.6 Å². The molecule has 0 atom stereocenters. The number of anilines is 1. The highest BCUT2D eigenvalue weighted by atomic mass is 16.6. The lowest BCUT2D eigenvalue weighted by atomic mass is 10.1. The van der Waals surface area contributed by atoms with Gasteiger partial charge in [-0.2, -0.15) is 0 Å². The van der Waals surface area contributed by atoms with E-state index in [0.717, 1.165) is 4.90 Å². The van der Waals surface area contributed by atoms with Crippen LogP contribution in [0.1, 0.15) is 11.1 Å². The van der Waals surface area contributed by atoms with Gasteiger partial charge in [-0.1, -0.05) is 0 Å². The third-order valence-corrected chi connectivity index (χ3v) is 2.80. The van der Waals surface area contributed by atoms with Crippen molar-refractivity contribution in [2.24, 2.45) is 0 Å². The van der Waals surface area contributed by atoms with E-state index in [1.807, 2.05) is 0 Å². The lowest BCUT2D eigenvalue weighted by molar-refractivity contribution is -0.385. The molecule has 0 spiro atoms. The molecule has 18 heavy (non-hydrogen) atoms. The summed E-state index contributed by atoms with van der Waals surface area (Å²) < 4.78 is 0. The Balaban J connectivity index is 2.57. The second-order valence-electron chi connectivity index (χ2n) is 4.07. The average Bonchev–Trinajstić information content (AvgIpc) is 2.59. The van der Waals surface area contributed by atoms with E-state index in [-0.39, 0.29) is 17.9 Å². The summed E-state index contributed by atoms with van der Waals surface area (Å²) in [6, 6.07) is 2.29. The van der Waals surface area contributed by atoms with Crippen molar-refractivity contribution in [3.05, 3.63) is 33.4 Å². The van der Waals surface area contributed by atoms with Crippen LogP contribution in [-0.2, 0) is 4.79 Å². The van der Waals surface area contributed by atoms with Gasteiger partial charge in [0.15, 0.2) is 0 Å². The largest absolute Gasteiger partial charge is 0.329 e. The number of hydrogen-bond donors (Lipinski definition) is 1. The summed E-state index contributed by atoms with van der Waals surface area (Å²) in [5.41, 5.74) is 1.28. The maximum absolute atomic E-state index is 11.6. The minimum absolute atomic E-state index is 0.0834. The molecule has 1 aromatic carbocycles. The molecule has 1 aliphatic rings.